The Morgan fingerprint density at radius 3 is 2.42 bits per heavy atom. The molecule has 2 aromatic rings. The van der Waals surface area contributed by atoms with E-state index in [2.05, 4.69) is 58.7 Å². The Balaban J connectivity index is 1.64. The Labute approximate surface area is 280 Å². The predicted molar refractivity (Wildman–Crippen MR) is 188 cm³/mol. The number of nitrogens with one attached hydrogen (secondary N) is 2. The van der Waals surface area contributed by atoms with Gasteiger partial charge < -0.3 is 15.4 Å². The van der Waals surface area contributed by atoms with Crippen LogP contribution in [0, 0.1) is 10.8 Å². The van der Waals surface area contributed by atoms with Gasteiger partial charge in [0.1, 0.15) is 5.75 Å². The second kappa shape index (κ2) is 16.0. The zero-order valence-corrected chi connectivity index (χ0v) is 30.3. The topological polar surface area (TPSA) is 87.7 Å². The number of fused-ring (bicyclic) bond motifs is 1. The van der Waals surface area contributed by atoms with Crippen molar-refractivity contribution >= 4 is 41.7 Å². The van der Waals surface area contributed by atoms with Gasteiger partial charge in [0.15, 0.2) is 0 Å². The van der Waals surface area contributed by atoms with Gasteiger partial charge in [0.25, 0.3) is 0 Å². The molecule has 1 aliphatic rings. The van der Waals surface area contributed by atoms with Crippen LogP contribution in [0.2, 0.25) is 0 Å². The Hall–Kier alpha value is -2.36. The maximum Gasteiger partial charge on any atom is 0.316 e. The standard InChI is InChI=1S/C36H55N3O4S2/c1-9-19-37-31(40)30(44)36(7,8)32(41)38-35(5,6)24-34(3,4)33(42)43-29-15-11-13-25-23-26(16-17-28(25)29)39(20-10-2)21-18-27-14-12-22-45-27/h11-15,22,26,30,44H,9-10,16-21,23-24H2,1-8H3,(H,37,40)(H,38,41). The molecule has 1 heterocycles. The van der Waals surface area contributed by atoms with Crippen molar-refractivity contribution in [3.8, 4) is 5.75 Å². The summed E-state index contributed by atoms with van der Waals surface area (Å²) in [4.78, 5) is 43.6. The van der Waals surface area contributed by atoms with Gasteiger partial charge in [-0.2, -0.15) is 12.6 Å². The first-order valence-electron chi connectivity index (χ1n) is 16.5. The average molecular weight is 658 g/mol. The van der Waals surface area contributed by atoms with Crippen molar-refractivity contribution in [2.24, 2.45) is 10.8 Å². The molecule has 3 rings (SSSR count). The normalized spacial score (nSPS) is 16.2. The van der Waals surface area contributed by atoms with Crippen LogP contribution in [0.15, 0.2) is 35.7 Å². The highest BCUT2D eigenvalue weighted by molar-refractivity contribution is 7.81. The van der Waals surface area contributed by atoms with Crippen LogP contribution in [0.5, 0.6) is 5.75 Å². The molecule has 2 atom stereocenters. The third kappa shape index (κ3) is 10.1. The van der Waals surface area contributed by atoms with Gasteiger partial charge in [-0.1, -0.05) is 32.0 Å². The minimum absolute atomic E-state index is 0.268. The zero-order valence-electron chi connectivity index (χ0n) is 28.6. The highest BCUT2D eigenvalue weighted by atomic mass is 32.1. The lowest BCUT2D eigenvalue weighted by molar-refractivity contribution is -0.146. The fourth-order valence-electron chi connectivity index (χ4n) is 6.36. The van der Waals surface area contributed by atoms with Crippen molar-refractivity contribution in [3.05, 3.63) is 51.7 Å². The number of amides is 2. The summed E-state index contributed by atoms with van der Waals surface area (Å²) in [6.45, 7) is 17.8. The van der Waals surface area contributed by atoms with Crippen molar-refractivity contribution < 1.29 is 19.1 Å². The molecule has 9 heteroatoms. The molecule has 250 valence electrons. The number of esters is 1. The van der Waals surface area contributed by atoms with E-state index in [1.54, 1.807) is 13.8 Å². The number of hydrogen-bond acceptors (Lipinski definition) is 7. The van der Waals surface area contributed by atoms with Crippen LogP contribution >= 0.6 is 24.0 Å². The summed E-state index contributed by atoms with van der Waals surface area (Å²) in [5.74, 6) is -0.240. The van der Waals surface area contributed by atoms with E-state index in [1.165, 1.54) is 10.4 Å². The highest BCUT2D eigenvalue weighted by Gasteiger charge is 2.43. The number of rotatable bonds is 16. The summed E-state index contributed by atoms with van der Waals surface area (Å²) >= 11 is 6.31. The molecular weight excluding hydrogens is 603 g/mol. The summed E-state index contributed by atoms with van der Waals surface area (Å²) in [7, 11) is 0. The van der Waals surface area contributed by atoms with Crippen molar-refractivity contribution in [1.82, 2.24) is 15.5 Å². The van der Waals surface area contributed by atoms with Gasteiger partial charge in [-0.3, -0.25) is 19.3 Å². The molecule has 0 bridgehead atoms. The number of benzene rings is 1. The third-order valence-corrected chi connectivity index (χ3v) is 10.6. The maximum absolute atomic E-state index is 13.6. The fourth-order valence-corrected chi connectivity index (χ4v) is 7.26. The number of hydrogen-bond donors (Lipinski definition) is 3. The smallest absolute Gasteiger partial charge is 0.316 e. The lowest BCUT2D eigenvalue weighted by Crippen LogP contribution is -2.56. The van der Waals surface area contributed by atoms with Gasteiger partial charge in [0, 0.05) is 29.5 Å². The van der Waals surface area contributed by atoms with Crippen LogP contribution < -0.4 is 15.4 Å². The minimum Gasteiger partial charge on any atom is -0.426 e. The number of ether oxygens (including phenoxy) is 1. The molecule has 0 saturated carbocycles. The Bertz CT molecular complexity index is 1290. The van der Waals surface area contributed by atoms with Gasteiger partial charge in [-0.15, -0.1) is 11.3 Å². The highest BCUT2D eigenvalue weighted by Crippen LogP contribution is 2.36. The van der Waals surface area contributed by atoms with Crippen LogP contribution in [0.1, 0.15) is 97.1 Å². The lowest BCUT2D eigenvalue weighted by atomic mass is 9.78. The third-order valence-electron chi connectivity index (χ3n) is 8.82. The van der Waals surface area contributed by atoms with E-state index in [0.29, 0.717) is 24.8 Å². The largest absolute Gasteiger partial charge is 0.426 e. The summed E-state index contributed by atoms with van der Waals surface area (Å²) in [6, 6.07) is 10.9. The predicted octanol–water partition coefficient (Wildman–Crippen LogP) is 6.63. The van der Waals surface area contributed by atoms with E-state index >= 15 is 0 Å². The average Bonchev–Trinajstić information content (AvgIpc) is 3.50. The Morgan fingerprint density at radius 2 is 1.78 bits per heavy atom. The van der Waals surface area contributed by atoms with Crippen LogP contribution in [-0.2, 0) is 33.6 Å². The maximum atomic E-state index is 13.6. The Kier molecular flexibility index (Phi) is 13.2. The second-order valence-corrected chi connectivity index (χ2v) is 15.9. The van der Waals surface area contributed by atoms with Crippen LogP contribution in [0.4, 0.5) is 0 Å². The second-order valence-electron chi connectivity index (χ2n) is 14.4. The SMILES string of the molecule is CCCNC(=O)C(S)C(C)(C)C(=O)NC(C)(C)CC(C)(C)C(=O)Oc1cccc2c1CCC(N(CCC)CCc1cccs1)C2. The van der Waals surface area contributed by atoms with E-state index in [4.69, 9.17) is 4.74 Å². The molecule has 0 fully saturated rings. The molecule has 7 nitrogen and oxygen atoms in total. The minimum atomic E-state index is -1.06. The number of carbonyl (C=O) groups is 3. The molecule has 2 N–H and O–H groups in total. The van der Waals surface area contributed by atoms with E-state index in [1.807, 2.05) is 58.1 Å². The van der Waals surface area contributed by atoms with Crippen molar-refractivity contribution in [1.29, 1.82) is 0 Å². The van der Waals surface area contributed by atoms with Crippen molar-refractivity contribution in [2.75, 3.05) is 19.6 Å². The molecule has 1 aromatic heterocycles. The van der Waals surface area contributed by atoms with Gasteiger partial charge in [-0.25, -0.2) is 0 Å². The molecule has 0 saturated heterocycles. The summed E-state index contributed by atoms with van der Waals surface area (Å²) in [5, 5.41) is 7.24. The van der Waals surface area contributed by atoms with Gasteiger partial charge in [0.05, 0.1) is 16.1 Å². The van der Waals surface area contributed by atoms with Crippen molar-refractivity contribution in [2.45, 2.75) is 117 Å². The van der Waals surface area contributed by atoms with Gasteiger partial charge in [-0.05, 0) is 122 Å². The number of carbonyl (C=O) groups excluding carboxylic acids is 3. The van der Waals surface area contributed by atoms with Crippen LogP contribution in [0.25, 0.3) is 0 Å². The molecular formula is C36H55N3O4S2. The number of thiophene rings is 1. The molecule has 0 radical (unpaired) electrons. The number of thiol groups is 1. The van der Waals surface area contributed by atoms with Gasteiger partial charge in [0.2, 0.25) is 11.8 Å². The molecule has 45 heavy (non-hydrogen) atoms. The molecule has 1 aromatic carbocycles. The fraction of sp³-hybridized carbons (Fsp3) is 0.639. The van der Waals surface area contributed by atoms with Crippen LogP contribution in [0.3, 0.4) is 0 Å². The van der Waals surface area contributed by atoms with E-state index in [9.17, 15) is 14.4 Å². The summed E-state index contributed by atoms with van der Waals surface area (Å²) in [5.41, 5.74) is -0.284. The molecule has 2 unspecified atom stereocenters. The quantitative estimate of drug-likeness (QED) is 0.107. The van der Waals surface area contributed by atoms with Crippen molar-refractivity contribution in [3.63, 3.8) is 0 Å². The first kappa shape index (κ1) is 37.1. The Morgan fingerprint density at radius 1 is 1.04 bits per heavy atom. The first-order chi connectivity index (χ1) is 21.1. The molecule has 0 aliphatic heterocycles. The first-order valence-corrected chi connectivity index (χ1v) is 17.9. The van der Waals surface area contributed by atoms with Gasteiger partial charge >= 0.3 is 5.97 Å². The molecule has 0 spiro atoms. The molecule has 1 aliphatic carbocycles. The molecule has 2 amide bonds. The monoisotopic (exact) mass is 657 g/mol. The number of nitrogens with zero attached hydrogens (tertiary/aromatic N) is 1. The van der Waals surface area contributed by atoms with Crippen LogP contribution in [-0.4, -0.2) is 59.1 Å². The summed E-state index contributed by atoms with van der Waals surface area (Å²) < 4.78 is 6.11. The van der Waals surface area contributed by atoms with E-state index in [0.717, 1.165) is 57.2 Å². The van der Waals surface area contributed by atoms with E-state index < -0.39 is 21.6 Å². The summed E-state index contributed by atoms with van der Waals surface area (Å²) in [6.07, 6.45) is 6.21. The van der Waals surface area contributed by atoms with E-state index in [-0.39, 0.29) is 17.8 Å². The zero-order chi connectivity index (χ0) is 33.4. The lowest BCUT2D eigenvalue weighted by Gasteiger charge is -2.38.